The van der Waals surface area contributed by atoms with Crippen LogP contribution >= 0.6 is 0 Å². The van der Waals surface area contributed by atoms with E-state index in [4.69, 9.17) is 10.5 Å². The number of primary amides is 1. The standard InChI is InChI=1S/C24H23N3O3/c25-23(28)17-8-7-16-11-22-20-6-2-1-4-15(20)10-18(14-27(22)21(16)12-17)24(29)26-13-19-5-3-9-30-19/h1-2,4,6-8,10-12,19H,3,5,9,13-14H2,(H2,25,28)(H,26,29)/t19-/m0/s1. The monoisotopic (exact) mass is 401 g/mol. The van der Waals surface area contributed by atoms with E-state index in [0.717, 1.165) is 47.2 Å². The van der Waals surface area contributed by atoms with Crippen molar-refractivity contribution in [2.75, 3.05) is 13.2 Å². The molecule has 6 heteroatoms. The van der Waals surface area contributed by atoms with Crippen molar-refractivity contribution in [3.05, 3.63) is 65.2 Å². The van der Waals surface area contributed by atoms with Crippen molar-refractivity contribution in [3.63, 3.8) is 0 Å². The van der Waals surface area contributed by atoms with Crippen LogP contribution < -0.4 is 11.1 Å². The normalized spacial score (nSPS) is 17.7. The van der Waals surface area contributed by atoms with Gasteiger partial charge in [0.05, 0.1) is 18.3 Å². The van der Waals surface area contributed by atoms with E-state index in [9.17, 15) is 9.59 Å². The highest BCUT2D eigenvalue weighted by molar-refractivity contribution is 6.02. The minimum absolute atomic E-state index is 0.0914. The number of aromatic nitrogens is 1. The maximum Gasteiger partial charge on any atom is 0.249 e. The van der Waals surface area contributed by atoms with Gasteiger partial charge in [0.25, 0.3) is 0 Å². The van der Waals surface area contributed by atoms with E-state index in [-0.39, 0.29) is 12.0 Å². The fourth-order valence-corrected chi connectivity index (χ4v) is 4.32. The molecule has 3 aromatic rings. The van der Waals surface area contributed by atoms with Crippen molar-refractivity contribution in [1.82, 2.24) is 9.88 Å². The first-order valence-corrected chi connectivity index (χ1v) is 10.2. The second-order valence-electron chi connectivity index (χ2n) is 7.86. The van der Waals surface area contributed by atoms with Crippen molar-refractivity contribution in [2.45, 2.75) is 25.5 Å². The molecule has 2 amide bonds. The smallest absolute Gasteiger partial charge is 0.249 e. The number of nitrogens with one attached hydrogen (secondary N) is 1. The van der Waals surface area contributed by atoms with E-state index in [1.54, 1.807) is 12.1 Å². The Morgan fingerprint density at radius 3 is 2.83 bits per heavy atom. The Hall–Kier alpha value is -3.38. The van der Waals surface area contributed by atoms with Gasteiger partial charge in [0, 0.05) is 40.8 Å². The minimum atomic E-state index is -0.466. The van der Waals surface area contributed by atoms with Crippen molar-refractivity contribution in [1.29, 1.82) is 0 Å². The lowest BCUT2D eigenvalue weighted by Crippen LogP contribution is -2.33. The van der Waals surface area contributed by atoms with Crippen LogP contribution in [0.2, 0.25) is 0 Å². The summed E-state index contributed by atoms with van der Waals surface area (Å²) in [5.74, 6) is -0.562. The third-order valence-corrected chi connectivity index (χ3v) is 5.89. The Bertz CT molecular complexity index is 1190. The van der Waals surface area contributed by atoms with Crippen LogP contribution in [0.15, 0.2) is 54.1 Å². The zero-order valence-corrected chi connectivity index (χ0v) is 16.6. The third kappa shape index (κ3) is 3.29. The SMILES string of the molecule is NC(=O)c1ccc2cc3n(c2c1)CC(C(=O)NC[C@@H]1CCCO1)=Cc1ccccc1-3. The highest BCUT2D eigenvalue weighted by Crippen LogP contribution is 2.35. The first-order chi connectivity index (χ1) is 14.6. The van der Waals surface area contributed by atoms with Gasteiger partial charge in [0.15, 0.2) is 0 Å². The first-order valence-electron chi connectivity index (χ1n) is 10.2. The van der Waals surface area contributed by atoms with Crippen LogP contribution in [-0.4, -0.2) is 35.6 Å². The molecule has 1 aromatic heterocycles. The van der Waals surface area contributed by atoms with E-state index in [0.29, 0.717) is 24.2 Å². The van der Waals surface area contributed by atoms with Crippen LogP contribution in [0.1, 0.15) is 28.8 Å². The summed E-state index contributed by atoms with van der Waals surface area (Å²) in [5, 5.41) is 4.04. The van der Waals surface area contributed by atoms with Gasteiger partial charge in [0.1, 0.15) is 0 Å². The van der Waals surface area contributed by atoms with Crippen molar-refractivity contribution in [3.8, 4) is 11.3 Å². The second-order valence-corrected chi connectivity index (χ2v) is 7.86. The number of amides is 2. The average molecular weight is 401 g/mol. The molecule has 0 aliphatic carbocycles. The van der Waals surface area contributed by atoms with Gasteiger partial charge >= 0.3 is 0 Å². The van der Waals surface area contributed by atoms with E-state index in [2.05, 4.69) is 22.0 Å². The molecular weight excluding hydrogens is 378 g/mol. The van der Waals surface area contributed by atoms with Gasteiger partial charge in [-0.2, -0.15) is 0 Å². The predicted octanol–water partition coefficient (Wildman–Crippen LogP) is 3.10. The van der Waals surface area contributed by atoms with Gasteiger partial charge in [-0.3, -0.25) is 9.59 Å². The molecule has 2 aromatic carbocycles. The maximum absolute atomic E-state index is 13.0. The number of hydrogen-bond acceptors (Lipinski definition) is 3. The molecule has 6 nitrogen and oxygen atoms in total. The lowest BCUT2D eigenvalue weighted by atomic mass is 10.0. The molecule has 1 atom stereocenters. The summed E-state index contributed by atoms with van der Waals surface area (Å²) in [6.07, 6.45) is 4.06. The molecule has 0 bridgehead atoms. The summed E-state index contributed by atoms with van der Waals surface area (Å²) in [6.45, 7) is 1.69. The lowest BCUT2D eigenvalue weighted by Gasteiger charge is -2.14. The number of nitrogens with two attached hydrogens (primary N) is 1. The summed E-state index contributed by atoms with van der Waals surface area (Å²) in [4.78, 5) is 24.7. The molecule has 152 valence electrons. The molecule has 1 saturated heterocycles. The zero-order valence-electron chi connectivity index (χ0n) is 16.6. The highest BCUT2D eigenvalue weighted by Gasteiger charge is 2.23. The second kappa shape index (κ2) is 7.46. The quantitative estimate of drug-likeness (QED) is 0.704. The van der Waals surface area contributed by atoms with Crippen molar-refractivity contribution >= 4 is 28.8 Å². The van der Waals surface area contributed by atoms with Crippen LogP contribution in [-0.2, 0) is 16.1 Å². The average Bonchev–Trinajstić information content (AvgIpc) is 3.36. The van der Waals surface area contributed by atoms with Gasteiger partial charge in [-0.05, 0) is 42.7 Å². The van der Waals surface area contributed by atoms with E-state index in [1.807, 2.05) is 30.3 Å². The minimum Gasteiger partial charge on any atom is -0.376 e. The molecule has 1 fully saturated rings. The summed E-state index contributed by atoms with van der Waals surface area (Å²) < 4.78 is 7.71. The van der Waals surface area contributed by atoms with Gasteiger partial charge in [-0.1, -0.05) is 30.3 Å². The Morgan fingerprint density at radius 2 is 2.03 bits per heavy atom. The molecule has 5 rings (SSSR count). The molecule has 0 saturated carbocycles. The van der Waals surface area contributed by atoms with E-state index in [1.165, 1.54) is 0 Å². The predicted molar refractivity (Wildman–Crippen MR) is 116 cm³/mol. The fraction of sp³-hybridized carbons (Fsp3) is 0.250. The van der Waals surface area contributed by atoms with Crippen LogP contribution in [0.5, 0.6) is 0 Å². The van der Waals surface area contributed by atoms with E-state index < -0.39 is 5.91 Å². The number of benzene rings is 2. The number of carbonyl (C=O) groups is 2. The lowest BCUT2D eigenvalue weighted by molar-refractivity contribution is -0.118. The van der Waals surface area contributed by atoms with Gasteiger partial charge in [0.2, 0.25) is 11.8 Å². The fourth-order valence-electron chi connectivity index (χ4n) is 4.32. The highest BCUT2D eigenvalue weighted by atomic mass is 16.5. The number of rotatable bonds is 4. The Balaban J connectivity index is 1.57. The number of ether oxygens (including phenoxy) is 1. The van der Waals surface area contributed by atoms with Crippen molar-refractivity contribution in [2.24, 2.45) is 5.73 Å². The molecule has 0 radical (unpaired) electrons. The van der Waals surface area contributed by atoms with Gasteiger partial charge in [-0.15, -0.1) is 0 Å². The zero-order chi connectivity index (χ0) is 20.7. The van der Waals surface area contributed by atoms with Crippen molar-refractivity contribution < 1.29 is 14.3 Å². The summed E-state index contributed by atoms with van der Waals surface area (Å²) in [5.41, 5.74) is 10.6. The molecule has 2 aliphatic rings. The van der Waals surface area contributed by atoms with Gasteiger partial charge in [-0.25, -0.2) is 0 Å². The number of hydrogen-bond donors (Lipinski definition) is 2. The molecule has 30 heavy (non-hydrogen) atoms. The van der Waals surface area contributed by atoms with Gasteiger partial charge < -0.3 is 20.4 Å². The Labute approximate surface area is 174 Å². The maximum atomic E-state index is 13.0. The molecule has 3 heterocycles. The largest absolute Gasteiger partial charge is 0.376 e. The Kier molecular flexibility index (Phi) is 4.64. The van der Waals surface area contributed by atoms with Crippen LogP contribution in [0.3, 0.4) is 0 Å². The van der Waals surface area contributed by atoms with Crippen LogP contribution in [0, 0.1) is 0 Å². The Morgan fingerprint density at radius 1 is 1.17 bits per heavy atom. The molecule has 3 N–H and O–H groups in total. The molecule has 0 unspecified atom stereocenters. The number of fused-ring (bicyclic) bond motifs is 5. The van der Waals surface area contributed by atoms with Crippen LogP contribution in [0.25, 0.3) is 28.2 Å². The summed E-state index contributed by atoms with van der Waals surface area (Å²) >= 11 is 0. The first kappa shape index (κ1) is 18.6. The summed E-state index contributed by atoms with van der Waals surface area (Å²) in [7, 11) is 0. The molecule has 0 spiro atoms. The van der Waals surface area contributed by atoms with E-state index >= 15 is 0 Å². The number of nitrogens with zero attached hydrogens (tertiary/aromatic N) is 1. The summed E-state index contributed by atoms with van der Waals surface area (Å²) in [6, 6.07) is 15.6. The third-order valence-electron chi connectivity index (χ3n) is 5.89. The molecule has 2 aliphatic heterocycles. The topological polar surface area (TPSA) is 86.4 Å². The van der Waals surface area contributed by atoms with Crippen LogP contribution in [0.4, 0.5) is 0 Å². The number of carbonyl (C=O) groups excluding carboxylic acids is 2. The molecular formula is C24H23N3O3.